The average molecular weight is 810 g/mol. The van der Waals surface area contributed by atoms with Crippen LogP contribution in [-0.4, -0.2) is 36.0 Å². The van der Waals surface area contributed by atoms with Crippen molar-refractivity contribution >= 4 is 162 Å². The third-order valence-corrected chi connectivity index (χ3v) is 10.3. The first-order valence-corrected chi connectivity index (χ1v) is 17.1. The molecule has 6 nitrogen and oxygen atoms in total. The molecule has 0 fully saturated rings. The van der Waals surface area contributed by atoms with Crippen molar-refractivity contribution in [2.75, 3.05) is 5.34 Å². The van der Waals surface area contributed by atoms with Crippen LogP contribution in [0.25, 0.3) is 43.4 Å². The summed E-state index contributed by atoms with van der Waals surface area (Å²) in [5.41, 5.74) is 1.95. The summed E-state index contributed by atoms with van der Waals surface area (Å²) < 4.78 is 2.96. The van der Waals surface area contributed by atoms with Gasteiger partial charge in [-0.2, -0.15) is 20.6 Å². The second-order valence-corrected chi connectivity index (χ2v) is 13.8. The predicted octanol–water partition coefficient (Wildman–Crippen LogP) is 12.4. The minimum atomic E-state index is 0. The number of alkyl halides is 2. The van der Waals surface area contributed by atoms with Crippen LogP contribution in [0.3, 0.4) is 0 Å². The minimum absolute atomic E-state index is 0. The molecule has 2 aliphatic heterocycles. The molecule has 1 aromatic carbocycles. The maximum absolute atomic E-state index is 7.13. The van der Waals surface area contributed by atoms with Gasteiger partial charge in [0.2, 0.25) is 0 Å². The first-order valence-electron chi connectivity index (χ1n) is 11.2. The number of halogens is 2. The Balaban J connectivity index is -0.000000524. The number of fused-ring (bicyclic) bond motifs is 3. The third kappa shape index (κ3) is 19.5. The zero-order chi connectivity index (χ0) is 33.2. The van der Waals surface area contributed by atoms with E-state index in [0.29, 0.717) is 0 Å². The van der Waals surface area contributed by atoms with Gasteiger partial charge < -0.3 is 21.6 Å². The molecule has 2 aliphatic rings. The molecule has 4 heterocycles. The van der Waals surface area contributed by atoms with Crippen molar-refractivity contribution in [3.05, 3.63) is 98.5 Å². The summed E-state index contributed by atoms with van der Waals surface area (Å²) in [7, 11) is 0. The Bertz CT molecular complexity index is 1400. The van der Waals surface area contributed by atoms with Crippen LogP contribution in [-0.2, 0) is 17.4 Å². The van der Waals surface area contributed by atoms with Gasteiger partial charge in [0.1, 0.15) is 0 Å². The van der Waals surface area contributed by atoms with Gasteiger partial charge in [-0.1, -0.05) is 120 Å². The largest absolute Gasteiger partial charge is 4.00 e. The van der Waals surface area contributed by atoms with E-state index in [9.17, 15) is 0 Å². The molecule has 0 atom stereocenters. The molecular formula is C27H22Cl2CrN6S8. The quantitative estimate of drug-likeness (QED) is 0.0940. The number of isothiocyanates is 4. The van der Waals surface area contributed by atoms with E-state index in [4.69, 9.17) is 44.8 Å². The van der Waals surface area contributed by atoms with Gasteiger partial charge in [0.05, 0.1) is 24.8 Å². The second kappa shape index (κ2) is 30.6. The smallest absolute Gasteiger partial charge is 0.753 e. The molecule has 17 heteroatoms. The van der Waals surface area contributed by atoms with Gasteiger partial charge in [0, 0.05) is 23.2 Å². The minimum Gasteiger partial charge on any atom is -0.753 e. The molecule has 44 heavy (non-hydrogen) atoms. The molecule has 0 bridgehead atoms. The Labute approximate surface area is 317 Å². The van der Waals surface area contributed by atoms with Crippen molar-refractivity contribution in [3.63, 3.8) is 0 Å². The first-order chi connectivity index (χ1) is 20.6. The number of aromatic nitrogens is 2. The fourth-order valence-corrected chi connectivity index (χ4v) is 8.09. The van der Waals surface area contributed by atoms with E-state index in [1.165, 1.54) is 48.7 Å². The second-order valence-electron chi connectivity index (χ2n) is 6.89. The molecule has 0 amide bonds. The van der Waals surface area contributed by atoms with E-state index in [1.54, 1.807) is 12.4 Å². The molecule has 228 valence electrons. The van der Waals surface area contributed by atoms with E-state index >= 15 is 0 Å². The summed E-state index contributed by atoms with van der Waals surface area (Å²) >= 11 is 32.0. The molecule has 3 aromatic rings. The number of pyridine rings is 2. The van der Waals surface area contributed by atoms with Crippen LogP contribution in [0.1, 0.15) is 27.7 Å². The Morgan fingerprint density at radius 2 is 0.818 bits per heavy atom. The standard InChI is InChI=1S/C12H8N2.C10H12S4.CH2Cl2.4CNS.Cr/c1-3-9-5-6-10-4-2-8-14-12(10)11(9)13-7-1;1-5-6(2)12-9(11-5)10-13-7(3)8(4)14-10;5*2-1-3;/h1-8H;1-4H3;1H2;;;;;/q;;;4*-1;+4. The SMILES string of the molecule is CC1=C(C)SC(=C2SC(C)=C(C)S2)S1.ClCCl.[Cr+4].[N-]=C=S.[N-]=C=S.[N-]=C=S.[N-]=C=S.c1cnc2c(c1)ccc1cccnc12. The fourth-order valence-electron chi connectivity index (χ4n) is 2.73. The summed E-state index contributed by atoms with van der Waals surface area (Å²) in [6, 6.07) is 12.1. The summed E-state index contributed by atoms with van der Waals surface area (Å²) in [6.07, 6.45) is 3.60. The van der Waals surface area contributed by atoms with Gasteiger partial charge in [0.25, 0.3) is 0 Å². The van der Waals surface area contributed by atoms with Gasteiger partial charge in [-0.25, -0.2) is 0 Å². The number of rotatable bonds is 0. The number of hydrogen-bond acceptors (Lipinski definition) is 10. The van der Waals surface area contributed by atoms with Crippen molar-refractivity contribution in [2.24, 2.45) is 0 Å². The van der Waals surface area contributed by atoms with Crippen LogP contribution in [0.5, 0.6) is 0 Å². The summed E-state index contributed by atoms with van der Waals surface area (Å²) in [6.45, 7) is 8.83. The normalized spacial score (nSPS) is 12.0. The number of thiocarbonyl (C=S) groups is 4. The molecule has 0 N–H and O–H groups in total. The van der Waals surface area contributed by atoms with Gasteiger partial charge in [-0.05, 0) is 59.4 Å². The van der Waals surface area contributed by atoms with Crippen molar-refractivity contribution in [1.29, 1.82) is 0 Å². The molecule has 0 radical (unpaired) electrons. The number of nitrogens with zero attached hydrogens (tertiary/aromatic N) is 6. The molecule has 0 saturated heterocycles. The number of hydrogen-bond donors (Lipinski definition) is 0. The van der Waals surface area contributed by atoms with Gasteiger partial charge in [0.15, 0.2) is 0 Å². The summed E-state index contributed by atoms with van der Waals surface area (Å²) in [5, 5.41) is 36.3. The van der Waals surface area contributed by atoms with Crippen LogP contribution in [0.15, 0.2) is 76.9 Å². The summed E-state index contributed by atoms with van der Waals surface area (Å²) in [5.74, 6) is 0. The maximum atomic E-state index is 7.13. The van der Waals surface area contributed by atoms with Crippen LogP contribution >= 0.6 is 119 Å². The van der Waals surface area contributed by atoms with Gasteiger partial charge in [-0.15, -0.1) is 23.2 Å². The topological polar surface area (TPSA) is 115 Å². The van der Waals surface area contributed by atoms with E-state index < -0.39 is 0 Å². The van der Waals surface area contributed by atoms with Crippen molar-refractivity contribution in [3.8, 4) is 0 Å². The molecular weight excluding hydrogens is 788 g/mol. The Morgan fingerprint density at radius 1 is 0.591 bits per heavy atom. The Morgan fingerprint density at radius 3 is 1.05 bits per heavy atom. The number of thioether (sulfide) groups is 4. The van der Waals surface area contributed by atoms with Crippen molar-refractivity contribution in [2.45, 2.75) is 27.7 Å². The first kappa shape index (κ1) is 47.4. The van der Waals surface area contributed by atoms with E-state index in [0.717, 1.165) is 21.8 Å². The molecule has 0 unspecified atom stereocenters. The van der Waals surface area contributed by atoms with E-state index in [-0.39, 0.29) is 22.7 Å². The molecule has 5 rings (SSSR count). The van der Waals surface area contributed by atoms with Crippen molar-refractivity contribution in [1.82, 2.24) is 9.97 Å². The number of allylic oxidation sites excluding steroid dienone is 4. The Kier molecular flexibility index (Phi) is 33.0. The van der Waals surface area contributed by atoms with E-state index in [1.807, 2.05) is 59.2 Å². The van der Waals surface area contributed by atoms with Gasteiger partial charge in [-0.3, -0.25) is 9.97 Å². The molecule has 0 saturated carbocycles. The third-order valence-electron chi connectivity index (χ3n) is 4.49. The Hall–Kier alpha value is -1.03. The zero-order valence-electron chi connectivity index (χ0n) is 23.4. The van der Waals surface area contributed by atoms with Crippen LogP contribution in [0, 0.1) is 0 Å². The fraction of sp³-hybridized carbons (Fsp3) is 0.185. The van der Waals surface area contributed by atoms with E-state index in [2.05, 4.69) is 111 Å². The average Bonchev–Trinajstić information content (AvgIpc) is 3.50. The maximum Gasteiger partial charge on any atom is 4.00 e. The van der Waals surface area contributed by atoms with Crippen LogP contribution < -0.4 is 0 Å². The molecule has 2 aromatic heterocycles. The zero-order valence-corrected chi connectivity index (χ0v) is 32.8. The van der Waals surface area contributed by atoms with Crippen LogP contribution in [0.4, 0.5) is 0 Å². The number of benzene rings is 1. The van der Waals surface area contributed by atoms with Crippen LogP contribution in [0.2, 0.25) is 0 Å². The summed E-state index contributed by atoms with van der Waals surface area (Å²) in [4.78, 5) is 14.5. The van der Waals surface area contributed by atoms with Crippen molar-refractivity contribution < 1.29 is 17.4 Å². The molecule has 0 spiro atoms. The predicted molar refractivity (Wildman–Crippen MR) is 212 cm³/mol. The van der Waals surface area contributed by atoms with Gasteiger partial charge >= 0.3 is 17.4 Å². The monoisotopic (exact) mass is 808 g/mol. The molecule has 0 aliphatic carbocycles.